The summed E-state index contributed by atoms with van der Waals surface area (Å²) in [5.74, 6) is 0.542. The average molecular weight is 391 g/mol. The van der Waals surface area contributed by atoms with Crippen LogP contribution in [-0.2, 0) is 20.2 Å². The van der Waals surface area contributed by atoms with E-state index in [-0.39, 0.29) is 29.4 Å². The summed E-state index contributed by atoms with van der Waals surface area (Å²) in [5, 5.41) is 2.60. The van der Waals surface area contributed by atoms with E-state index in [1.165, 1.54) is 19.1 Å². The molecule has 1 amide bonds. The van der Waals surface area contributed by atoms with Crippen molar-refractivity contribution in [1.29, 1.82) is 0 Å². The maximum absolute atomic E-state index is 12.3. The van der Waals surface area contributed by atoms with E-state index in [4.69, 9.17) is 4.74 Å². The van der Waals surface area contributed by atoms with Gasteiger partial charge in [0.05, 0.1) is 4.90 Å². The Morgan fingerprint density at radius 2 is 1.67 bits per heavy atom. The summed E-state index contributed by atoms with van der Waals surface area (Å²) in [6, 6.07) is 13.7. The van der Waals surface area contributed by atoms with Crippen molar-refractivity contribution in [2.75, 3.05) is 18.5 Å². The van der Waals surface area contributed by atoms with Crippen molar-refractivity contribution in [3.05, 3.63) is 54.1 Å². The molecule has 7 heteroatoms. The van der Waals surface area contributed by atoms with Crippen LogP contribution in [0.5, 0.6) is 5.75 Å². The lowest BCUT2D eigenvalue weighted by atomic mass is 9.86. The lowest BCUT2D eigenvalue weighted by molar-refractivity contribution is -0.114. The lowest BCUT2D eigenvalue weighted by Crippen LogP contribution is -2.28. The van der Waals surface area contributed by atoms with Crippen molar-refractivity contribution < 1.29 is 17.9 Å². The van der Waals surface area contributed by atoms with Gasteiger partial charge in [-0.1, -0.05) is 39.0 Å². The molecule has 2 aromatic rings. The second-order valence-electron chi connectivity index (χ2n) is 7.20. The van der Waals surface area contributed by atoms with E-state index in [2.05, 4.69) is 30.8 Å². The summed E-state index contributed by atoms with van der Waals surface area (Å²) in [6.45, 7) is 8.06. The zero-order valence-corrected chi connectivity index (χ0v) is 16.9. The number of para-hydroxylation sites is 1. The van der Waals surface area contributed by atoms with Crippen LogP contribution in [0.3, 0.4) is 0 Å². The number of carbonyl (C=O) groups is 1. The van der Waals surface area contributed by atoms with Crippen molar-refractivity contribution in [2.24, 2.45) is 0 Å². The minimum Gasteiger partial charge on any atom is -0.492 e. The number of rotatable bonds is 7. The Hall–Kier alpha value is -2.38. The van der Waals surface area contributed by atoms with Crippen LogP contribution in [0, 0.1) is 0 Å². The molecule has 2 N–H and O–H groups in total. The summed E-state index contributed by atoms with van der Waals surface area (Å²) in [7, 11) is -3.64. The van der Waals surface area contributed by atoms with E-state index >= 15 is 0 Å². The number of carbonyl (C=O) groups excluding carboxylic acids is 1. The largest absolute Gasteiger partial charge is 0.492 e. The van der Waals surface area contributed by atoms with Gasteiger partial charge < -0.3 is 10.1 Å². The third-order valence-corrected chi connectivity index (χ3v) is 5.31. The standard InChI is InChI=1S/C20H26N2O4S/c1-15(23)22-16-9-11-17(12-10-16)27(24,25)21-13-14-26-19-8-6-5-7-18(19)20(2,3)4/h5-12,21H,13-14H2,1-4H3,(H,22,23). The normalized spacial score (nSPS) is 11.9. The number of amides is 1. The summed E-state index contributed by atoms with van der Waals surface area (Å²) in [5.41, 5.74) is 1.55. The van der Waals surface area contributed by atoms with E-state index < -0.39 is 10.0 Å². The topological polar surface area (TPSA) is 84.5 Å². The average Bonchev–Trinajstić information content (AvgIpc) is 2.58. The first kappa shape index (κ1) is 20.9. The number of ether oxygens (including phenoxy) is 1. The van der Waals surface area contributed by atoms with Gasteiger partial charge in [-0.15, -0.1) is 0 Å². The van der Waals surface area contributed by atoms with E-state index in [0.717, 1.165) is 11.3 Å². The second-order valence-corrected chi connectivity index (χ2v) is 8.96. The van der Waals surface area contributed by atoms with Crippen LogP contribution in [0.2, 0.25) is 0 Å². The Balaban J connectivity index is 1.94. The van der Waals surface area contributed by atoms with Gasteiger partial charge in [-0.05, 0) is 41.3 Å². The minimum absolute atomic E-state index is 0.0637. The molecular weight excluding hydrogens is 364 g/mol. The van der Waals surface area contributed by atoms with Crippen LogP contribution in [0.4, 0.5) is 5.69 Å². The Labute approximate surface area is 161 Å². The number of sulfonamides is 1. The first-order chi connectivity index (χ1) is 12.6. The van der Waals surface area contributed by atoms with Gasteiger partial charge >= 0.3 is 0 Å². The molecule has 0 heterocycles. The maximum Gasteiger partial charge on any atom is 0.240 e. The fraction of sp³-hybridized carbons (Fsp3) is 0.350. The fourth-order valence-electron chi connectivity index (χ4n) is 2.55. The summed E-state index contributed by atoms with van der Waals surface area (Å²) in [6.07, 6.45) is 0. The van der Waals surface area contributed by atoms with E-state index in [1.807, 2.05) is 24.3 Å². The predicted octanol–water partition coefficient (Wildman–Crippen LogP) is 3.30. The summed E-state index contributed by atoms with van der Waals surface area (Å²) < 4.78 is 33.0. The third kappa shape index (κ3) is 6.08. The van der Waals surface area contributed by atoms with Gasteiger partial charge in [0.2, 0.25) is 15.9 Å². The molecule has 0 aromatic heterocycles. The van der Waals surface area contributed by atoms with Crippen LogP contribution < -0.4 is 14.8 Å². The smallest absolute Gasteiger partial charge is 0.240 e. The molecule has 0 saturated carbocycles. The molecule has 0 radical (unpaired) electrons. The van der Waals surface area contributed by atoms with Crippen LogP contribution >= 0.6 is 0 Å². The Morgan fingerprint density at radius 1 is 1.04 bits per heavy atom. The van der Waals surface area contributed by atoms with Gasteiger partial charge in [-0.3, -0.25) is 4.79 Å². The van der Waals surface area contributed by atoms with Crippen LogP contribution in [0.15, 0.2) is 53.4 Å². The van der Waals surface area contributed by atoms with Crippen LogP contribution in [-0.4, -0.2) is 27.5 Å². The van der Waals surface area contributed by atoms with Crippen LogP contribution in [0.25, 0.3) is 0 Å². The molecule has 6 nitrogen and oxygen atoms in total. The Bertz CT molecular complexity index is 885. The number of anilines is 1. The summed E-state index contributed by atoms with van der Waals surface area (Å²) >= 11 is 0. The molecule has 0 atom stereocenters. The lowest BCUT2D eigenvalue weighted by Gasteiger charge is -2.22. The molecule has 0 aliphatic rings. The fourth-order valence-corrected chi connectivity index (χ4v) is 3.57. The third-order valence-electron chi connectivity index (χ3n) is 3.83. The van der Waals surface area contributed by atoms with Gasteiger partial charge in [-0.25, -0.2) is 13.1 Å². The molecule has 2 aromatic carbocycles. The zero-order chi connectivity index (χ0) is 20.1. The first-order valence-electron chi connectivity index (χ1n) is 8.69. The molecule has 0 fully saturated rings. The van der Waals surface area contributed by atoms with Gasteiger partial charge in [0.25, 0.3) is 0 Å². The number of hydrogen-bond donors (Lipinski definition) is 2. The van der Waals surface area contributed by atoms with Crippen molar-refractivity contribution in [3.8, 4) is 5.75 Å². The molecular formula is C20H26N2O4S. The highest BCUT2D eigenvalue weighted by Crippen LogP contribution is 2.30. The van der Waals surface area contributed by atoms with Crippen molar-refractivity contribution in [2.45, 2.75) is 38.0 Å². The molecule has 0 aliphatic heterocycles. The number of hydrogen-bond acceptors (Lipinski definition) is 4. The van der Waals surface area contributed by atoms with E-state index in [9.17, 15) is 13.2 Å². The molecule has 2 rings (SSSR count). The van der Waals surface area contributed by atoms with Gasteiger partial charge in [-0.2, -0.15) is 0 Å². The molecule has 0 spiro atoms. The zero-order valence-electron chi connectivity index (χ0n) is 16.1. The highest BCUT2D eigenvalue weighted by atomic mass is 32.2. The van der Waals surface area contributed by atoms with Gasteiger partial charge in [0.15, 0.2) is 0 Å². The van der Waals surface area contributed by atoms with Gasteiger partial charge in [0.1, 0.15) is 12.4 Å². The number of nitrogens with one attached hydrogen (secondary N) is 2. The van der Waals surface area contributed by atoms with E-state index in [1.54, 1.807) is 12.1 Å². The molecule has 27 heavy (non-hydrogen) atoms. The molecule has 0 aliphatic carbocycles. The van der Waals surface area contributed by atoms with E-state index in [0.29, 0.717) is 5.69 Å². The minimum atomic E-state index is -3.64. The van der Waals surface area contributed by atoms with Crippen molar-refractivity contribution >= 4 is 21.6 Å². The van der Waals surface area contributed by atoms with Crippen LogP contribution in [0.1, 0.15) is 33.3 Å². The SMILES string of the molecule is CC(=O)Nc1ccc(S(=O)(=O)NCCOc2ccccc2C(C)(C)C)cc1. The molecule has 0 saturated heterocycles. The molecule has 146 valence electrons. The predicted molar refractivity (Wildman–Crippen MR) is 107 cm³/mol. The number of benzene rings is 2. The highest BCUT2D eigenvalue weighted by molar-refractivity contribution is 7.89. The van der Waals surface area contributed by atoms with Gasteiger partial charge in [0, 0.05) is 19.2 Å². The first-order valence-corrected chi connectivity index (χ1v) is 10.2. The summed E-state index contributed by atoms with van der Waals surface area (Å²) in [4.78, 5) is 11.1. The Morgan fingerprint density at radius 3 is 2.26 bits per heavy atom. The monoisotopic (exact) mass is 390 g/mol. The molecule has 0 bridgehead atoms. The second kappa shape index (κ2) is 8.54. The quantitative estimate of drug-likeness (QED) is 0.711. The maximum atomic E-state index is 12.3. The highest BCUT2D eigenvalue weighted by Gasteiger charge is 2.18. The Kier molecular flexibility index (Phi) is 6.62. The van der Waals surface area contributed by atoms with Crippen molar-refractivity contribution in [1.82, 2.24) is 4.72 Å². The molecule has 0 unspecified atom stereocenters. The van der Waals surface area contributed by atoms with Crippen molar-refractivity contribution in [3.63, 3.8) is 0 Å².